The van der Waals surface area contributed by atoms with Crippen molar-refractivity contribution in [2.24, 2.45) is 10.8 Å². The quantitative estimate of drug-likeness (QED) is 0.519. The number of nitrogens with zero attached hydrogens (tertiary/aromatic N) is 3. The van der Waals surface area contributed by atoms with Gasteiger partial charge in [-0.15, -0.1) is 0 Å². The van der Waals surface area contributed by atoms with Gasteiger partial charge in [0, 0.05) is 5.56 Å². The van der Waals surface area contributed by atoms with E-state index < -0.39 is 28.6 Å². The highest BCUT2D eigenvalue weighted by atomic mass is 32.2. The monoisotopic (exact) mass is 434 g/mol. The average molecular weight is 435 g/mol. The summed E-state index contributed by atoms with van der Waals surface area (Å²) in [5, 5.41) is 16.6. The number of halogens is 2. The van der Waals surface area contributed by atoms with Gasteiger partial charge >= 0.3 is 6.03 Å². The molecule has 0 fully saturated rings. The predicted octanol–water partition coefficient (Wildman–Crippen LogP) is 4.49. The van der Waals surface area contributed by atoms with Crippen LogP contribution in [0.4, 0.5) is 13.6 Å². The van der Waals surface area contributed by atoms with Gasteiger partial charge in [0.2, 0.25) is 0 Å². The lowest BCUT2D eigenvalue weighted by Gasteiger charge is -2.37. The topological polar surface area (TPSA) is 82.2 Å². The first-order chi connectivity index (χ1) is 14.3. The Balaban J connectivity index is 2.16. The summed E-state index contributed by atoms with van der Waals surface area (Å²) in [4.78, 5) is 12.1. The Bertz CT molecular complexity index is 942. The minimum absolute atomic E-state index is 0.0441. The zero-order valence-corrected chi connectivity index (χ0v) is 17.6. The Labute approximate surface area is 178 Å². The van der Waals surface area contributed by atoms with Gasteiger partial charge in [0.25, 0.3) is 0 Å². The van der Waals surface area contributed by atoms with Gasteiger partial charge in [-0.25, -0.2) is 18.6 Å². The van der Waals surface area contributed by atoms with Crippen LogP contribution < -0.4 is 5.73 Å². The molecule has 3 N–H and O–H groups in total. The lowest BCUT2D eigenvalue weighted by molar-refractivity contribution is -0.0849. The van der Waals surface area contributed by atoms with Crippen molar-refractivity contribution in [3.63, 3.8) is 0 Å². The molecule has 6 nitrogen and oxygen atoms in total. The molecule has 3 rings (SSSR count). The van der Waals surface area contributed by atoms with Crippen LogP contribution in [0.25, 0.3) is 0 Å². The standard InChI is InChI=1S/C21H24F2N4O2S/c1-14(2)26(29)20(28)27-21(11-6-12-24,15-7-4-3-5-8-15)30-19(25-27)17-13-16(22)9-10-18(17)23/h3-5,7-10,13-14,29H,6,11-12,24H2,1-2H3. The van der Waals surface area contributed by atoms with Crippen molar-refractivity contribution in [2.75, 3.05) is 6.54 Å². The molecule has 2 aromatic carbocycles. The van der Waals surface area contributed by atoms with Crippen molar-refractivity contribution >= 4 is 22.8 Å². The Morgan fingerprint density at radius 3 is 2.60 bits per heavy atom. The summed E-state index contributed by atoms with van der Waals surface area (Å²) in [6, 6.07) is 11.0. The molecular formula is C21H24F2N4O2S. The van der Waals surface area contributed by atoms with Gasteiger partial charge in [0.15, 0.2) is 0 Å². The Morgan fingerprint density at radius 2 is 1.97 bits per heavy atom. The first kappa shape index (κ1) is 22.2. The van der Waals surface area contributed by atoms with E-state index in [-0.39, 0.29) is 10.6 Å². The molecule has 0 aliphatic carbocycles. The van der Waals surface area contributed by atoms with E-state index in [4.69, 9.17) is 5.73 Å². The van der Waals surface area contributed by atoms with Crippen LogP contribution in [-0.2, 0) is 4.87 Å². The van der Waals surface area contributed by atoms with Gasteiger partial charge in [0.05, 0.1) is 6.04 Å². The second kappa shape index (κ2) is 9.11. The molecule has 0 bridgehead atoms. The number of benzene rings is 2. The average Bonchev–Trinajstić information content (AvgIpc) is 3.14. The van der Waals surface area contributed by atoms with Crippen LogP contribution in [0.3, 0.4) is 0 Å². The molecule has 9 heteroatoms. The highest BCUT2D eigenvalue weighted by Crippen LogP contribution is 2.50. The number of rotatable bonds is 6. The van der Waals surface area contributed by atoms with Crippen LogP contribution in [0.5, 0.6) is 0 Å². The lowest BCUT2D eigenvalue weighted by atomic mass is 10.0. The minimum atomic E-state index is -1.07. The summed E-state index contributed by atoms with van der Waals surface area (Å²) in [6.45, 7) is 3.68. The van der Waals surface area contributed by atoms with Gasteiger partial charge in [-0.3, -0.25) is 5.21 Å². The molecule has 2 aromatic rings. The number of nitrogens with two attached hydrogens (primary N) is 1. The van der Waals surface area contributed by atoms with Crippen LogP contribution in [-0.4, -0.2) is 38.9 Å². The predicted molar refractivity (Wildman–Crippen MR) is 113 cm³/mol. The van der Waals surface area contributed by atoms with Crippen LogP contribution in [0.2, 0.25) is 0 Å². The second-order valence-corrected chi connectivity index (χ2v) is 8.47. The Hall–Kier alpha value is -2.49. The first-order valence-electron chi connectivity index (χ1n) is 9.61. The molecule has 160 valence electrons. The van der Waals surface area contributed by atoms with E-state index in [1.54, 1.807) is 13.8 Å². The maximum atomic E-state index is 14.5. The first-order valence-corrected chi connectivity index (χ1v) is 10.4. The van der Waals surface area contributed by atoms with Crippen molar-refractivity contribution in [1.82, 2.24) is 10.1 Å². The van der Waals surface area contributed by atoms with Gasteiger partial charge in [-0.1, -0.05) is 42.1 Å². The molecule has 0 saturated heterocycles. The van der Waals surface area contributed by atoms with Crippen molar-refractivity contribution in [3.8, 4) is 0 Å². The SMILES string of the molecule is CC(C)N(O)C(=O)N1N=C(c2cc(F)ccc2F)SC1(CCCN)c1ccccc1. The van der Waals surface area contributed by atoms with Crippen molar-refractivity contribution in [1.29, 1.82) is 0 Å². The summed E-state index contributed by atoms with van der Waals surface area (Å²) in [5.74, 6) is -1.26. The number of carbonyl (C=O) groups is 1. The molecular weight excluding hydrogens is 410 g/mol. The fraction of sp³-hybridized carbons (Fsp3) is 0.333. The van der Waals surface area contributed by atoms with Crippen LogP contribution in [0, 0.1) is 11.6 Å². The summed E-state index contributed by atoms with van der Waals surface area (Å²) < 4.78 is 28.3. The van der Waals surface area contributed by atoms with E-state index in [0.717, 1.165) is 40.5 Å². The molecule has 0 aromatic heterocycles. The molecule has 0 spiro atoms. The van der Waals surface area contributed by atoms with E-state index >= 15 is 0 Å². The molecule has 1 heterocycles. The number of hydrazone groups is 1. The number of hydrogen-bond acceptors (Lipinski definition) is 5. The third kappa shape index (κ3) is 4.19. The van der Waals surface area contributed by atoms with Gasteiger partial charge in [-0.2, -0.15) is 10.1 Å². The highest BCUT2D eigenvalue weighted by molar-refractivity contribution is 8.15. The van der Waals surface area contributed by atoms with Gasteiger partial charge in [-0.05, 0) is 57.0 Å². The minimum Gasteiger partial charge on any atom is -0.330 e. The number of hydrogen-bond donors (Lipinski definition) is 2. The fourth-order valence-electron chi connectivity index (χ4n) is 3.20. The van der Waals surface area contributed by atoms with Crippen LogP contribution in [0.1, 0.15) is 37.8 Å². The molecule has 1 atom stereocenters. The Kier molecular flexibility index (Phi) is 6.74. The molecule has 1 aliphatic heterocycles. The molecule has 2 amide bonds. The zero-order chi connectivity index (χ0) is 21.9. The normalized spacial score (nSPS) is 18.6. The van der Waals surface area contributed by atoms with E-state index in [9.17, 15) is 18.8 Å². The zero-order valence-electron chi connectivity index (χ0n) is 16.8. The second-order valence-electron chi connectivity index (χ2n) is 7.21. The molecule has 30 heavy (non-hydrogen) atoms. The van der Waals surface area contributed by atoms with E-state index in [2.05, 4.69) is 5.10 Å². The maximum Gasteiger partial charge on any atom is 0.366 e. The summed E-state index contributed by atoms with van der Waals surface area (Å²) in [5.41, 5.74) is 6.44. The highest BCUT2D eigenvalue weighted by Gasteiger charge is 2.50. The van der Waals surface area contributed by atoms with E-state index in [0.29, 0.717) is 24.4 Å². The summed E-state index contributed by atoms with van der Waals surface area (Å²) >= 11 is 1.15. The third-order valence-corrected chi connectivity index (χ3v) is 6.21. The number of hydroxylamine groups is 2. The van der Waals surface area contributed by atoms with Crippen LogP contribution in [0.15, 0.2) is 53.6 Å². The maximum absolute atomic E-state index is 14.5. The molecule has 1 aliphatic rings. The van der Waals surface area contributed by atoms with Gasteiger partial charge in [0.1, 0.15) is 21.5 Å². The fourth-order valence-corrected chi connectivity index (χ4v) is 4.62. The smallest absolute Gasteiger partial charge is 0.330 e. The molecule has 1 unspecified atom stereocenters. The van der Waals surface area contributed by atoms with Crippen molar-refractivity contribution in [2.45, 2.75) is 37.6 Å². The summed E-state index contributed by atoms with van der Waals surface area (Å²) in [7, 11) is 0. The number of carbonyl (C=O) groups excluding carboxylic acids is 1. The lowest BCUT2D eigenvalue weighted by Crippen LogP contribution is -2.49. The van der Waals surface area contributed by atoms with Crippen molar-refractivity contribution < 1.29 is 18.8 Å². The molecule has 0 saturated carbocycles. The van der Waals surface area contributed by atoms with E-state index in [1.165, 1.54) is 0 Å². The largest absolute Gasteiger partial charge is 0.366 e. The van der Waals surface area contributed by atoms with Crippen LogP contribution >= 0.6 is 11.8 Å². The number of urea groups is 1. The third-order valence-electron chi connectivity index (χ3n) is 4.77. The summed E-state index contributed by atoms with van der Waals surface area (Å²) in [6.07, 6.45) is 0.951. The van der Waals surface area contributed by atoms with Gasteiger partial charge < -0.3 is 5.73 Å². The van der Waals surface area contributed by atoms with E-state index in [1.807, 2.05) is 30.3 Å². The molecule has 0 radical (unpaired) electrons. The number of amides is 2. The Morgan fingerprint density at radius 1 is 1.27 bits per heavy atom. The number of thioether (sulfide) groups is 1. The van der Waals surface area contributed by atoms with Crippen molar-refractivity contribution in [3.05, 3.63) is 71.3 Å².